The van der Waals surface area contributed by atoms with Gasteiger partial charge in [0.05, 0.1) is 0 Å². The van der Waals surface area contributed by atoms with Crippen molar-refractivity contribution in [3.63, 3.8) is 0 Å². The minimum Gasteiger partial charge on any atom is -0.444 e. The summed E-state index contributed by atoms with van der Waals surface area (Å²) in [4.78, 5) is 20.4. The number of hydrogen-bond acceptors (Lipinski definition) is 4. The Kier molecular flexibility index (Phi) is 5.87. The van der Waals surface area contributed by atoms with Crippen molar-refractivity contribution in [1.29, 1.82) is 0 Å². The number of piperidine rings is 1. The zero-order valence-electron chi connectivity index (χ0n) is 14.4. The molecule has 1 aromatic heterocycles. The second-order valence-corrected chi connectivity index (χ2v) is 7.51. The molecule has 0 unspecified atom stereocenters. The molecule has 1 aromatic rings. The minimum atomic E-state index is -0.453. The van der Waals surface area contributed by atoms with E-state index in [4.69, 9.17) is 16.3 Å². The summed E-state index contributed by atoms with van der Waals surface area (Å²) in [5.41, 5.74) is 0.663. The lowest BCUT2D eigenvalue weighted by molar-refractivity contribution is 0.0121. The van der Waals surface area contributed by atoms with Crippen molar-refractivity contribution in [1.82, 2.24) is 14.8 Å². The molecule has 5 nitrogen and oxygen atoms in total. The first kappa shape index (κ1) is 18.0. The summed E-state index contributed by atoms with van der Waals surface area (Å²) in [7, 11) is 2.08. The van der Waals surface area contributed by atoms with E-state index < -0.39 is 5.60 Å². The van der Waals surface area contributed by atoms with E-state index in [0.29, 0.717) is 17.7 Å². The molecule has 0 N–H and O–H groups in total. The summed E-state index contributed by atoms with van der Waals surface area (Å²) < 4.78 is 5.48. The van der Waals surface area contributed by atoms with Crippen LogP contribution in [0.3, 0.4) is 0 Å². The van der Waals surface area contributed by atoms with Crippen molar-refractivity contribution in [2.75, 3.05) is 20.1 Å². The predicted octanol–water partition coefficient (Wildman–Crippen LogP) is 3.57. The van der Waals surface area contributed by atoms with Crippen molar-refractivity contribution < 1.29 is 9.53 Å². The third kappa shape index (κ3) is 5.66. The zero-order chi connectivity index (χ0) is 17.0. The van der Waals surface area contributed by atoms with E-state index in [1.807, 2.05) is 31.7 Å². The van der Waals surface area contributed by atoms with Gasteiger partial charge in [-0.2, -0.15) is 0 Å². The SMILES string of the molecule is CN(Cc1ccc(Cl)nc1)[C@@H]1CCCN(C(=O)OC(C)(C)C)C1. The second kappa shape index (κ2) is 7.49. The number of likely N-dealkylation sites (N-methyl/N-ethyl adjacent to an activating group) is 1. The van der Waals surface area contributed by atoms with Gasteiger partial charge in [0.2, 0.25) is 0 Å². The number of aromatic nitrogens is 1. The van der Waals surface area contributed by atoms with Gasteiger partial charge in [0.25, 0.3) is 0 Å². The first-order valence-electron chi connectivity index (χ1n) is 8.03. The lowest BCUT2D eigenvalue weighted by Crippen LogP contribution is -2.49. The molecule has 2 rings (SSSR count). The molecule has 23 heavy (non-hydrogen) atoms. The molecular weight excluding hydrogens is 314 g/mol. The molecule has 0 bridgehead atoms. The fraction of sp³-hybridized carbons (Fsp3) is 0.647. The highest BCUT2D eigenvalue weighted by molar-refractivity contribution is 6.29. The number of carbonyl (C=O) groups is 1. The van der Waals surface area contributed by atoms with E-state index in [1.165, 1.54) is 0 Å². The first-order valence-corrected chi connectivity index (χ1v) is 8.41. The second-order valence-electron chi connectivity index (χ2n) is 7.13. The van der Waals surface area contributed by atoms with Gasteiger partial charge in [-0.05, 0) is 52.3 Å². The van der Waals surface area contributed by atoms with Gasteiger partial charge in [-0.25, -0.2) is 9.78 Å². The van der Waals surface area contributed by atoms with Crippen LogP contribution in [-0.4, -0.2) is 52.7 Å². The topological polar surface area (TPSA) is 45.7 Å². The Morgan fingerprint density at radius 2 is 2.22 bits per heavy atom. The third-order valence-electron chi connectivity index (χ3n) is 3.89. The van der Waals surface area contributed by atoms with Crippen LogP contribution in [0.2, 0.25) is 5.15 Å². The maximum atomic E-state index is 12.2. The lowest BCUT2D eigenvalue weighted by Gasteiger charge is -2.38. The Morgan fingerprint density at radius 3 is 2.83 bits per heavy atom. The number of pyridine rings is 1. The van der Waals surface area contributed by atoms with Crippen molar-refractivity contribution in [2.24, 2.45) is 0 Å². The number of rotatable bonds is 3. The molecule has 1 atom stereocenters. The standard InChI is InChI=1S/C17H26ClN3O2/c1-17(2,3)23-16(22)21-9-5-6-14(12-21)20(4)11-13-7-8-15(18)19-10-13/h7-8,10,14H,5-6,9,11-12H2,1-4H3/t14-/m1/s1. The third-order valence-corrected chi connectivity index (χ3v) is 4.12. The summed E-state index contributed by atoms with van der Waals surface area (Å²) in [5, 5.41) is 0.505. The molecule has 6 heteroatoms. The van der Waals surface area contributed by atoms with Crippen LogP contribution in [0.25, 0.3) is 0 Å². The quantitative estimate of drug-likeness (QED) is 0.790. The van der Waals surface area contributed by atoms with Crippen LogP contribution in [0.5, 0.6) is 0 Å². The van der Waals surface area contributed by atoms with Crippen molar-refractivity contribution >= 4 is 17.7 Å². The van der Waals surface area contributed by atoms with Crippen LogP contribution in [0.15, 0.2) is 18.3 Å². The molecule has 0 radical (unpaired) electrons. The van der Waals surface area contributed by atoms with Gasteiger partial charge in [0.15, 0.2) is 0 Å². The molecule has 128 valence electrons. The molecule has 1 amide bonds. The zero-order valence-corrected chi connectivity index (χ0v) is 15.1. The van der Waals surface area contributed by atoms with Crippen molar-refractivity contribution in [3.05, 3.63) is 29.0 Å². The molecule has 1 saturated heterocycles. The Balaban J connectivity index is 1.92. The maximum absolute atomic E-state index is 12.2. The number of carbonyl (C=O) groups excluding carboxylic acids is 1. The summed E-state index contributed by atoms with van der Waals surface area (Å²) >= 11 is 5.82. The van der Waals surface area contributed by atoms with Gasteiger partial charge in [0.1, 0.15) is 10.8 Å². The highest BCUT2D eigenvalue weighted by Gasteiger charge is 2.29. The van der Waals surface area contributed by atoms with Gasteiger partial charge in [-0.1, -0.05) is 17.7 Å². The maximum Gasteiger partial charge on any atom is 0.410 e. The van der Waals surface area contributed by atoms with Crippen LogP contribution in [-0.2, 0) is 11.3 Å². The van der Waals surface area contributed by atoms with Crippen LogP contribution in [0.4, 0.5) is 4.79 Å². The minimum absolute atomic E-state index is 0.219. The molecule has 1 fully saturated rings. The summed E-state index contributed by atoms with van der Waals surface area (Å²) in [5.74, 6) is 0. The largest absolute Gasteiger partial charge is 0.444 e. The van der Waals surface area contributed by atoms with E-state index >= 15 is 0 Å². The summed E-state index contributed by atoms with van der Waals surface area (Å²) in [6.45, 7) is 7.94. The van der Waals surface area contributed by atoms with Crippen LogP contribution >= 0.6 is 11.6 Å². The number of hydrogen-bond donors (Lipinski definition) is 0. The molecule has 1 aliphatic rings. The number of amides is 1. The van der Waals surface area contributed by atoms with E-state index in [-0.39, 0.29) is 6.09 Å². The van der Waals surface area contributed by atoms with Crippen molar-refractivity contribution in [2.45, 2.75) is 51.8 Å². The monoisotopic (exact) mass is 339 g/mol. The fourth-order valence-corrected chi connectivity index (χ4v) is 2.84. The number of ether oxygens (including phenoxy) is 1. The average Bonchev–Trinajstić information content (AvgIpc) is 2.48. The van der Waals surface area contributed by atoms with Crippen LogP contribution in [0, 0.1) is 0 Å². The Labute approximate surface area is 143 Å². The highest BCUT2D eigenvalue weighted by atomic mass is 35.5. The Bertz CT molecular complexity index is 528. The first-order chi connectivity index (χ1) is 10.7. The van der Waals surface area contributed by atoms with Gasteiger partial charge in [-0.3, -0.25) is 4.90 Å². The molecule has 0 aliphatic carbocycles. The van der Waals surface area contributed by atoms with Gasteiger partial charge in [0, 0.05) is 31.9 Å². The molecule has 2 heterocycles. The average molecular weight is 340 g/mol. The van der Waals surface area contributed by atoms with Crippen LogP contribution in [0.1, 0.15) is 39.2 Å². The predicted molar refractivity (Wildman–Crippen MR) is 91.5 cm³/mol. The Morgan fingerprint density at radius 1 is 1.48 bits per heavy atom. The fourth-order valence-electron chi connectivity index (χ4n) is 2.72. The number of nitrogens with zero attached hydrogens (tertiary/aromatic N) is 3. The molecule has 1 aliphatic heterocycles. The smallest absolute Gasteiger partial charge is 0.410 e. The molecule has 0 spiro atoms. The number of halogens is 1. The highest BCUT2D eigenvalue weighted by Crippen LogP contribution is 2.19. The summed E-state index contributed by atoms with van der Waals surface area (Å²) in [6, 6.07) is 4.12. The van der Waals surface area contributed by atoms with Gasteiger partial charge < -0.3 is 9.64 Å². The normalized spacial score (nSPS) is 19.0. The van der Waals surface area contributed by atoms with E-state index in [9.17, 15) is 4.79 Å². The van der Waals surface area contributed by atoms with Crippen LogP contribution < -0.4 is 0 Å². The Hall–Kier alpha value is -1.33. The molecule has 0 aromatic carbocycles. The van der Waals surface area contributed by atoms with Crippen molar-refractivity contribution in [3.8, 4) is 0 Å². The number of likely N-dealkylation sites (tertiary alicyclic amines) is 1. The molecular formula is C17H26ClN3O2. The van der Waals surface area contributed by atoms with Gasteiger partial charge >= 0.3 is 6.09 Å². The van der Waals surface area contributed by atoms with Gasteiger partial charge in [-0.15, -0.1) is 0 Å². The van der Waals surface area contributed by atoms with E-state index in [2.05, 4.69) is 16.9 Å². The summed E-state index contributed by atoms with van der Waals surface area (Å²) in [6.07, 6.45) is 3.65. The lowest BCUT2D eigenvalue weighted by atomic mass is 10.0. The van der Waals surface area contributed by atoms with E-state index in [1.54, 1.807) is 12.3 Å². The van der Waals surface area contributed by atoms with E-state index in [0.717, 1.165) is 31.5 Å². The molecule has 0 saturated carbocycles.